The van der Waals surface area contributed by atoms with Gasteiger partial charge in [-0.1, -0.05) is 6.07 Å². The molecule has 0 bridgehead atoms. The maximum absolute atomic E-state index is 13.2. The monoisotopic (exact) mass is 437 g/mol. The Balaban J connectivity index is 1.41. The smallest absolute Gasteiger partial charge is 0.322 e. The molecule has 3 aliphatic rings. The first-order valence-corrected chi connectivity index (χ1v) is 9.73. The number of hydrogen-bond acceptors (Lipinski definition) is 6. The van der Waals surface area contributed by atoms with Crippen LogP contribution in [0.25, 0.3) is 5.43 Å². The zero-order valence-electron chi connectivity index (χ0n) is 16.9. The van der Waals surface area contributed by atoms with Gasteiger partial charge in [-0.15, -0.1) is 6.20 Å². The Hall–Kier alpha value is -4.28. The Kier molecular flexibility index (Phi) is 4.40. The Labute approximate surface area is 181 Å². The topological polar surface area (TPSA) is 117 Å². The number of benzene rings is 2. The molecule has 0 aromatic heterocycles. The van der Waals surface area contributed by atoms with E-state index in [0.717, 1.165) is 5.56 Å². The van der Waals surface area contributed by atoms with E-state index in [1.54, 1.807) is 18.2 Å². The number of ether oxygens (including phenoxy) is 1. The van der Waals surface area contributed by atoms with E-state index >= 15 is 0 Å². The summed E-state index contributed by atoms with van der Waals surface area (Å²) in [5.41, 5.74) is 7.66. The lowest BCUT2D eigenvalue weighted by Crippen LogP contribution is -2.59. The molecule has 3 heterocycles. The van der Waals surface area contributed by atoms with Crippen molar-refractivity contribution in [2.75, 3.05) is 18.8 Å². The number of carbonyl (C=O) groups is 3. The van der Waals surface area contributed by atoms with Gasteiger partial charge in [0, 0.05) is 23.5 Å². The molecule has 3 N–H and O–H groups in total. The SMILES string of the molecule is COc1ccc2c(c1)C(=O)N(C[C@@]1(C3=C[N-]N(c4ccc(F)cc4)N3)NC(=O)NC1=O)C2. The summed E-state index contributed by atoms with van der Waals surface area (Å²) < 4.78 is 18.4. The molecule has 1 fully saturated rings. The number of hydrogen-bond donors (Lipinski definition) is 3. The standard InChI is InChI=1S/C21H18FN6O4/c1-32-15-7-2-12-10-27(18(29)16(12)8-15)11-21(19(30)24-20(31)25-21)17-9-23-28(26-17)14-5-3-13(22)4-6-14/h2-9,26H,10-11H2,1H3,(H2,24,25,30,31)/q-1/t21-/m0/s1. The summed E-state index contributed by atoms with van der Waals surface area (Å²) in [4.78, 5) is 39.5. The quantitative estimate of drug-likeness (QED) is 0.611. The van der Waals surface area contributed by atoms with Crippen molar-refractivity contribution in [3.05, 3.63) is 76.7 Å². The molecular formula is C21H18FN6O4-. The predicted octanol–water partition coefficient (Wildman–Crippen LogP) is 1.52. The number of rotatable bonds is 5. The van der Waals surface area contributed by atoms with Gasteiger partial charge in [-0.25, -0.2) is 9.18 Å². The van der Waals surface area contributed by atoms with Gasteiger partial charge in [0.25, 0.3) is 11.8 Å². The van der Waals surface area contributed by atoms with E-state index < -0.39 is 23.3 Å². The second-order valence-corrected chi connectivity index (χ2v) is 7.56. The first-order chi connectivity index (χ1) is 15.4. The van der Waals surface area contributed by atoms with Crippen LogP contribution in [0.5, 0.6) is 5.75 Å². The molecule has 5 rings (SSSR count). The lowest BCUT2D eigenvalue weighted by molar-refractivity contribution is -0.123. The summed E-state index contributed by atoms with van der Waals surface area (Å²) in [5.74, 6) is -0.741. The van der Waals surface area contributed by atoms with Gasteiger partial charge in [-0.05, 0) is 42.0 Å². The van der Waals surface area contributed by atoms with Crippen molar-refractivity contribution in [1.29, 1.82) is 0 Å². The van der Waals surface area contributed by atoms with Crippen molar-refractivity contribution in [3.63, 3.8) is 0 Å². The Morgan fingerprint density at radius 3 is 2.62 bits per heavy atom. The first-order valence-electron chi connectivity index (χ1n) is 9.73. The molecule has 2 aromatic rings. The molecule has 3 aliphatic heterocycles. The molecule has 0 spiro atoms. The van der Waals surface area contributed by atoms with E-state index in [1.807, 2.05) is 0 Å². The summed E-state index contributed by atoms with van der Waals surface area (Å²) in [6.45, 7) is 0.154. The van der Waals surface area contributed by atoms with Crippen LogP contribution < -0.4 is 25.9 Å². The molecule has 1 atom stereocenters. The Bertz CT molecular complexity index is 1170. The number of hydrazine groups is 1. The lowest BCUT2D eigenvalue weighted by atomic mass is 9.95. The maximum Gasteiger partial charge on any atom is 0.322 e. The summed E-state index contributed by atoms with van der Waals surface area (Å²) in [6.07, 6.45) is 1.39. The van der Waals surface area contributed by atoms with Gasteiger partial charge in [-0.3, -0.25) is 14.9 Å². The minimum Gasteiger partial charge on any atom is -0.579 e. The average molecular weight is 437 g/mol. The van der Waals surface area contributed by atoms with Crippen LogP contribution in [0.4, 0.5) is 14.9 Å². The van der Waals surface area contributed by atoms with Crippen LogP contribution in [0, 0.1) is 5.82 Å². The fraction of sp³-hybridized carbons (Fsp3) is 0.190. The van der Waals surface area contributed by atoms with E-state index in [0.29, 0.717) is 17.0 Å². The van der Waals surface area contributed by atoms with Crippen LogP contribution in [0.1, 0.15) is 15.9 Å². The number of amides is 4. The van der Waals surface area contributed by atoms with Gasteiger partial charge in [0.15, 0.2) is 5.54 Å². The molecule has 10 nitrogen and oxygen atoms in total. The van der Waals surface area contributed by atoms with E-state index in [2.05, 4.69) is 21.5 Å². The van der Waals surface area contributed by atoms with Crippen LogP contribution in [0.3, 0.4) is 0 Å². The summed E-state index contributed by atoms with van der Waals surface area (Å²) >= 11 is 0. The third-order valence-electron chi connectivity index (χ3n) is 5.63. The summed E-state index contributed by atoms with van der Waals surface area (Å²) in [6, 6.07) is 10.1. The van der Waals surface area contributed by atoms with Crippen molar-refractivity contribution in [3.8, 4) is 5.75 Å². The lowest BCUT2D eigenvalue weighted by Gasteiger charge is -2.36. The van der Waals surface area contributed by atoms with Crippen molar-refractivity contribution < 1.29 is 23.5 Å². The average Bonchev–Trinajstić information content (AvgIpc) is 3.46. The van der Waals surface area contributed by atoms with Gasteiger partial charge < -0.3 is 30.9 Å². The zero-order valence-corrected chi connectivity index (χ0v) is 16.9. The predicted molar refractivity (Wildman–Crippen MR) is 111 cm³/mol. The van der Waals surface area contributed by atoms with Gasteiger partial charge >= 0.3 is 6.03 Å². The highest BCUT2D eigenvalue weighted by Crippen LogP contribution is 2.33. The van der Waals surface area contributed by atoms with Crippen molar-refractivity contribution in [1.82, 2.24) is 21.0 Å². The zero-order chi connectivity index (χ0) is 22.5. The fourth-order valence-corrected chi connectivity index (χ4v) is 3.97. The number of nitrogens with zero attached hydrogens (tertiary/aromatic N) is 3. The number of imide groups is 1. The minimum atomic E-state index is -1.57. The van der Waals surface area contributed by atoms with Crippen LogP contribution in [0.2, 0.25) is 0 Å². The molecule has 4 amide bonds. The van der Waals surface area contributed by atoms with Gasteiger partial charge in [-0.2, -0.15) is 0 Å². The van der Waals surface area contributed by atoms with Crippen molar-refractivity contribution in [2.24, 2.45) is 0 Å². The number of halogens is 1. The van der Waals surface area contributed by atoms with E-state index in [9.17, 15) is 18.8 Å². The number of urea groups is 1. The van der Waals surface area contributed by atoms with Crippen LogP contribution in [-0.2, 0) is 11.3 Å². The van der Waals surface area contributed by atoms with Crippen molar-refractivity contribution >= 4 is 23.5 Å². The largest absolute Gasteiger partial charge is 0.579 e. The molecule has 11 heteroatoms. The normalized spacial score (nSPS) is 21.6. The second-order valence-electron chi connectivity index (χ2n) is 7.56. The first kappa shape index (κ1) is 19.7. The maximum atomic E-state index is 13.2. The third-order valence-corrected chi connectivity index (χ3v) is 5.63. The molecule has 0 unspecified atom stereocenters. The van der Waals surface area contributed by atoms with Gasteiger partial charge in [0.2, 0.25) is 0 Å². The Morgan fingerprint density at radius 1 is 1.16 bits per heavy atom. The fourth-order valence-electron chi connectivity index (χ4n) is 3.97. The van der Waals surface area contributed by atoms with Gasteiger partial charge in [0.05, 0.1) is 13.7 Å². The minimum absolute atomic E-state index is 0.119. The van der Waals surface area contributed by atoms with Crippen LogP contribution >= 0.6 is 0 Å². The number of fused-ring (bicyclic) bond motifs is 1. The number of methoxy groups -OCH3 is 1. The van der Waals surface area contributed by atoms with E-state index in [1.165, 1.54) is 47.6 Å². The molecule has 2 aromatic carbocycles. The van der Waals surface area contributed by atoms with E-state index in [4.69, 9.17) is 4.74 Å². The molecule has 164 valence electrons. The molecule has 0 saturated carbocycles. The Morgan fingerprint density at radius 2 is 1.94 bits per heavy atom. The summed E-state index contributed by atoms with van der Waals surface area (Å²) in [7, 11) is 1.51. The highest BCUT2D eigenvalue weighted by atomic mass is 19.1. The number of nitrogens with one attached hydrogen (secondary N) is 3. The second kappa shape index (κ2) is 7.15. The highest BCUT2D eigenvalue weighted by Gasteiger charge is 2.52. The molecule has 0 aliphatic carbocycles. The third kappa shape index (κ3) is 3.06. The number of anilines is 1. The molecule has 0 radical (unpaired) electrons. The van der Waals surface area contributed by atoms with Crippen LogP contribution in [0.15, 0.2) is 54.4 Å². The van der Waals surface area contributed by atoms with Gasteiger partial charge in [0.1, 0.15) is 11.6 Å². The highest BCUT2D eigenvalue weighted by molar-refractivity contribution is 6.10. The van der Waals surface area contributed by atoms with E-state index in [-0.39, 0.29) is 24.7 Å². The summed E-state index contributed by atoms with van der Waals surface area (Å²) in [5, 5.41) is 6.23. The molecule has 32 heavy (non-hydrogen) atoms. The molecule has 1 saturated heterocycles. The molecular weight excluding hydrogens is 419 g/mol. The van der Waals surface area contributed by atoms with Crippen molar-refractivity contribution in [2.45, 2.75) is 12.1 Å². The number of carbonyl (C=O) groups excluding carboxylic acids is 3. The van der Waals surface area contributed by atoms with Crippen LogP contribution in [-0.4, -0.2) is 41.9 Å².